The predicted molar refractivity (Wildman–Crippen MR) is 92.6 cm³/mol. The highest BCUT2D eigenvalue weighted by Gasteiger charge is 2.57. The van der Waals surface area contributed by atoms with E-state index in [1.807, 2.05) is 13.8 Å². The van der Waals surface area contributed by atoms with E-state index in [0.29, 0.717) is 17.8 Å². The maximum Gasteiger partial charge on any atom is 0.0797 e. The van der Waals surface area contributed by atoms with Crippen molar-refractivity contribution in [2.75, 3.05) is 0 Å². The first-order chi connectivity index (χ1) is 9.95. The molecule has 2 aliphatic rings. The third-order valence-electron chi connectivity index (χ3n) is 7.14. The molecular formula is C20H36O2. The molecule has 2 saturated carbocycles. The van der Waals surface area contributed by atoms with Crippen LogP contribution in [0, 0.1) is 22.7 Å². The fraction of sp³-hybridized carbons (Fsp3) is 0.900. The molecule has 0 aromatic carbocycles. The average Bonchev–Trinajstić information content (AvgIpc) is 2.35. The third-order valence-corrected chi connectivity index (χ3v) is 7.14. The summed E-state index contributed by atoms with van der Waals surface area (Å²) in [6.45, 7) is 14.8. The van der Waals surface area contributed by atoms with Crippen LogP contribution in [-0.4, -0.2) is 21.4 Å². The van der Waals surface area contributed by atoms with E-state index in [1.165, 1.54) is 19.3 Å². The van der Waals surface area contributed by atoms with Crippen molar-refractivity contribution in [2.24, 2.45) is 22.7 Å². The second-order valence-corrected chi connectivity index (χ2v) is 9.45. The Morgan fingerprint density at radius 2 is 1.82 bits per heavy atom. The van der Waals surface area contributed by atoms with Gasteiger partial charge in [0.25, 0.3) is 0 Å². The number of hydrogen-bond donors (Lipinski definition) is 2. The van der Waals surface area contributed by atoms with E-state index < -0.39 is 11.2 Å². The Balaban J connectivity index is 2.28. The summed E-state index contributed by atoms with van der Waals surface area (Å²) in [4.78, 5) is 0. The van der Waals surface area contributed by atoms with E-state index in [-0.39, 0.29) is 11.3 Å². The second-order valence-electron chi connectivity index (χ2n) is 9.45. The lowest BCUT2D eigenvalue weighted by molar-refractivity contribution is -0.171. The SMILES string of the molecule is C=C[C@](C)(O)CC[C@@H]1[C@@]2(C)CCCC(C)(C)[C@H]2CC[C@@]1(C)O. The monoisotopic (exact) mass is 308 g/mol. The molecule has 0 spiro atoms. The lowest BCUT2D eigenvalue weighted by Gasteiger charge is -2.61. The zero-order chi connectivity index (χ0) is 16.8. The van der Waals surface area contributed by atoms with Gasteiger partial charge in [-0.1, -0.05) is 33.3 Å². The first kappa shape index (κ1) is 18.0. The fourth-order valence-corrected chi connectivity index (χ4v) is 5.80. The summed E-state index contributed by atoms with van der Waals surface area (Å²) in [7, 11) is 0. The molecule has 0 aromatic rings. The molecule has 2 nitrogen and oxygen atoms in total. The van der Waals surface area contributed by atoms with Crippen molar-refractivity contribution in [1.29, 1.82) is 0 Å². The van der Waals surface area contributed by atoms with Crippen LogP contribution in [0.4, 0.5) is 0 Å². The van der Waals surface area contributed by atoms with Crippen molar-refractivity contribution in [1.82, 2.24) is 0 Å². The second kappa shape index (κ2) is 5.63. The van der Waals surface area contributed by atoms with Gasteiger partial charge in [0.1, 0.15) is 0 Å². The predicted octanol–water partition coefficient (Wildman–Crippen LogP) is 4.70. The Kier molecular flexibility index (Phi) is 4.61. The Labute approximate surface area is 137 Å². The molecule has 2 aliphatic carbocycles. The first-order valence-electron chi connectivity index (χ1n) is 9.03. The fourth-order valence-electron chi connectivity index (χ4n) is 5.80. The molecule has 2 rings (SSSR count). The van der Waals surface area contributed by atoms with Crippen LogP contribution in [0.1, 0.15) is 79.6 Å². The molecule has 0 aliphatic heterocycles. The van der Waals surface area contributed by atoms with E-state index >= 15 is 0 Å². The quantitative estimate of drug-likeness (QED) is 0.739. The van der Waals surface area contributed by atoms with Gasteiger partial charge in [-0.05, 0) is 75.0 Å². The van der Waals surface area contributed by atoms with E-state index in [9.17, 15) is 10.2 Å². The van der Waals surface area contributed by atoms with E-state index in [1.54, 1.807) is 6.08 Å². The van der Waals surface area contributed by atoms with Gasteiger partial charge in [0.05, 0.1) is 11.2 Å². The Hall–Kier alpha value is -0.340. The van der Waals surface area contributed by atoms with Crippen LogP contribution in [0.3, 0.4) is 0 Å². The summed E-state index contributed by atoms with van der Waals surface area (Å²) >= 11 is 0. The van der Waals surface area contributed by atoms with Gasteiger partial charge in [-0.2, -0.15) is 0 Å². The Morgan fingerprint density at radius 3 is 2.41 bits per heavy atom. The standard InChI is InChI=1S/C20H36O2/c1-7-18(4,21)13-9-16-19(5)12-8-11-17(2,3)15(19)10-14-20(16,6)22/h7,15-16,21-22H,1,8-14H2,2-6H3/t15-,16-,18+,19+,20-/m1/s1. The topological polar surface area (TPSA) is 40.5 Å². The van der Waals surface area contributed by atoms with Gasteiger partial charge in [0.2, 0.25) is 0 Å². The molecule has 2 N–H and O–H groups in total. The smallest absolute Gasteiger partial charge is 0.0797 e. The van der Waals surface area contributed by atoms with E-state index in [0.717, 1.165) is 19.3 Å². The van der Waals surface area contributed by atoms with Gasteiger partial charge in [-0.15, -0.1) is 6.58 Å². The normalized spacial score (nSPS) is 44.0. The van der Waals surface area contributed by atoms with Crippen molar-refractivity contribution in [3.05, 3.63) is 12.7 Å². The summed E-state index contributed by atoms with van der Waals surface area (Å²) in [5.74, 6) is 0.928. The van der Waals surface area contributed by atoms with Crippen molar-refractivity contribution < 1.29 is 10.2 Å². The molecule has 0 aromatic heterocycles. The zero-order valence-electron chi connectivity index (χ0n) is 15.3. The Bertz CT molecular complexity index is 421. The van der Waals surface area contributed by atoms with Crippen LogP contribution in [0.5, 0.6) is 0 Å². The maximum absolute atomic E-state index is 11.1. The van der Waals surface area contributed by atoms with Crippen LogP contribution in [-0.2, 0) is 0 Å². The van der Waals surface area contributed by atoms with E-state index in [4.69, 9.17) is 0 Å². The van der Waals surface area contributed by atoms with Crippen LogP contribution < -0.4 is 0 Å². The molecule has 2 fully saturated rings. The molecular weight excluding hydrogens is 272 g/mol. The van der Waals surface area contributed by atoms with Crippen molar-refractivity contribution >= 4 is 0 Å². The molecule has 22 heavy (non-hydrogen) atoms. The van der Waals surface area contributed by atoms with Gasteiger partial charge >= 0.3 is 0 Å². The highest BCUT2D eigenvalue weighted by atomic mass is 16.3. The van der Waals surface area contributed by atoms with Gasteiger partial charge in [0.15, 0.2) is 0 Å². The first-order valence-corrected chi connectivity index (χ1v) is 9.03. The van der Waals surface area contributed by atoms with Crippen LogP contribution in [0.25, 0.3) is 0 Å². The Morgan fingerprint density at radius 1 is 1.18 bits per heavy atom. The van der Waals surface area contributed by atoms with Gasteiger partial charge in [0, 0.05) is 0 Å². The maximum atomic E-state index is 11.1. The molecule has 0 bridgehead atoms. The van der Waals surface area contributed by atoms with Crippen molar-refractivity contribution in [3.63, 3.8) is 0 Å². The summed E-state index contributed by atoms with van der Waals surface area (Å²) < 4.78 is 0. The summed E-state index contributed by atoms with van der Waals surface area (Å²) in [6, 6.07) is 0. The van der Waals surface area contributed by atoms with Crippen LogP contribution >= 0.6 is 0 Å². The molecule has 5 atom stereocenters. The zero-order valence-corrected chi connectivity index (χ0v) is 15.3. The molecule has 2 heteroatoms. The summed E-state index contributed by atoms with van der Waals surface area (Å²) in [6.07, 6.45) is 8.96. The molecule has 0 heterocycles. The molecule has 0 radical (unpaired) electrons. The van der Waals surface area contributed by atoms with Crippen LogP contribution in [0.15, 0.2) is 12.7 Å². The molecule has 128 valence electrons. The average molecular weight is 309 g/mol. The van der Waals surface area contributed by atoms with Crippen molar-refractivity contribution in [3.8, 4) is 0 Å². The summed E-state index contributed by atoms with van der Waals surface area (Å²) in [5.41, 5.74) is -0.900. The summed E-state index contributed by atoms with van der Waals surface area (Å²) in [5, 5.41) is 21.4. The highest BCUT2D eigenvalue weighted by molar-refractivity contribution is 5.08. The number of hydrogen-bond acceptors (Lipinski definition) is 2. The van der Waals surface area contributed by atoms with Crippen molar-refractivity contribution in [2.45, 2.75) is 90.8 Å². The minimum Gasteiger partial charge on any atom is -0.390 e. The van der Waals surface area contributed by atoms with Gasteiger partial charge in [-0.25, -0.2) is 0 Å². The molecule has 0 saturated heterocycles. The van der Waals surface area contributed by atoms with Crippen LogP contribution in [0.2, 0.25) is 0 Å². The number of fused-ring (bicyclic) bond motifs is 1. The lowest BCUT2D eigenvalue weighted by Crippen LogP contribution is -2.57. The number of aliphatic hydroxyl groups is 2. The minimum atomic E-state index is -0.830. The third kappa shape index (κ3) is 3.14. The van der Waals surface area contributed by atoms with Gasteiger partial charge in [-0.3, -0.25) is 0 Å². The van der Waals surface area contributed by atoms with Gasteiger partial charge < -0.3 is 10.2 Å². The lowest BCUT2D eigenvalue weighted by atomic mass is 9.45. The highest BCUT2D eigenvalue weighted by Crippen LogP contribution is 2.63. The largest absolute Gasteiger partial charge is 0.390 e. The number of rotatable bonds is 4. The van der Waals surface area contributed by atoms with E-state index in [2.05, 4.69) is 27.4 Å². The molecule has 0 amide bonds. The minimum absolute atomic E-state index is 0.181. The molecule has 0 unspecified atom stereocenters.